The van der Waals surface area contributed by atoms with Gasteiger partial charge in [0, 0.05) is 0 Å². The number of hydrogen-bond donors (Lipinski definition) is 0. The van der Waals surface area contributed by atoms with Crippen LogP contribution in [0.5, 0.6) is 5.75 Å². The molecule has 0 heterocycles. The van der Waals surface area contributed by atoms with Crippen LogP contribution in [0.4, 0.5) is 8.78 Å². The first-order valence-electron chi connectivity index (χ1n) is 9.16. The Bertz CT molecular complexity index is 527. The Balaban J connectivity index is 1.52. The van der Waals surface area contributed by atoms with Crippen molar-refractivity contribution in [2.24, 2.45) is 17.8 Å². The lowest BCUT2D eigenvalue weighted by Crippen LogP contribution is -2.29. The molecule has 0 spiro atoms. The highest BCUT2D eigenvalue weighted by molar-refractivity contribution is 5.30. The van der Waals surface area contributed by atoms with Crippen molar-refractivity contribution >= 4 is 0 Å². The van der Waals surface area contributed by atoms with Gasteiger partial charge in [-0.1, -0.05) is 25.8 Å². The molecule has 1 aromatic rings. The van der Waals surface area contributed by atoms with Gasteiger partial charge in [-0.05, 0) is 74.8 Å². The molecule has 0 amide bonds. The van der Waals surface area contributed by atoms with Crippen molar-refractivity contribution in [1.82, 2.24) is 0 Å². The van der Waals surface area contributed by atoms with Crippen molar-refractivity contribution in [2.75, 3.05) is 0 Å². The van der Waals surface area contributed by atoms with Crippen LogP contribution in [0.15, 0.2) is 12.1 Å². The Hall–Kier alpha value is -1.12. The fraction of sp³-hybridized carbons (Fsp3) is 0.700. The van der Waals surface area contributed by atoms with Crippen molar-refractivity contribution in [3.8, 4) is 5.75 Å². The lowest BCUT2D eigenvalue weighted by Gasteiger charge is -2.37. The molecule has 2 fully saturated rings. The molecule has 0 unspecified atom stereocenters. The van der Waals surface area contributed by atoms with E-state index in [-0.39, 0.29) is 11.9 Å². The van der Waals surface area contributed by atoms with Gasteiger partial charge in [0.05, 0.1) is 6.10 Å². The van der Waals surface area contributed by atoms with Gasteiger partial charge < -0.3 is 4.74 Å². The second kappa shape index (κ2) is 7.19. The van der Waals surface area contributed by atoms with Gasteiger partial charge in [0.15, 0.2) is 11.6 Å². The van der Waals surface area contributed by atoms with Gasteiger partial charge in [-0.3, -0.25) is 0 Å². The minimum Gasteiger partial charge on any atom is -0.487 e. The molecule has 0 aliphatic heterocycles. The third kappa shape index (κ3) is 3.87. The summed E-state index contributed by atoms with van der Waals surface area (Å²) in [6, 6.07) is 3.14. The van der Waals surface area contributed by atoms with Crippen molar-refractivity contribution in [3.63, 3.8) is 0 Å². The average molecular weight is 322 g/mol. The summed E-state index contributed by atoms with van der Waals surface area (Å²) in [6.45, 7) is 3.93. The van der Waals surface area contributed by atoms with E-state index in [1.165, 1.54) is 38.5 Å². The summed E-state index contributed by atoms with van der Waals surface area (Å²) in [5, 5.41) is 0. The molecule has 2 aliphatic carbocycles. The van der Waals surface area contributed by atoms with E-state index in [4.69, 9.17) is 4.74 Å². The maximum Gasteiger partial charge on any atom is 0.200 e. The summed E-state index contributed by atoms with van der Waals surface area (Å²) in [4.78, 5) is 0. The van der Waals surface area contributed by atoms with Crippen LogP contribution in [0.2, 0.25) is 0 Å². The molecule has 0 N–H and O–H groups in total. The van der Waals surface area contributed by atoms with Crippen molar-refractivity contribution in [2.45, 2.75) is 71.3 Å². The van der Waals surface area contributed by atoms with Crippen LogP contribution in [-0.2, 0) is 0 Å². The number of halogens is 2. The molecule has 0 atom stereocenters. The zero-order valence-electron chi connectivity index (χ0n) is 14.3. The Morgan fingerprint density at radius 3 is 2.00 bits per heavy atom. The van der Waals surface area contributed by atoms with E-state index in [2.05, 4.69) is 6.92 Å². The third-order valence-electron chi connectivity index (χ3n) is 5.98. The largest absolute Gasteiger partial charge is 0.487 e. The zero-order chi connectivity index (χ0) is 16.4. The first kappa shape index (κ1) is 16.7. The number of aryl methyl sites for hydroxylation is 1. The highest BCUT2D eigenvalue weighted by Crippen LogP contribution is 2.40. The van der Waals surface area contributed by atoms with Crippen LogP contribution in [0.1, 0.15) is 63.9 Å². The number of benzene rings is 1. The second-order valence-corrected chi connectivity index (χ2v) is 7.68. The van der Waals surface area contributed by atoms with Crippen LogP contribution in [0, 0.1) is 36.3 Å². The van der Waals surface area contributed by atoms with Crippen LogP contribution < -0.4 is 4.74 Å². The maximum absolute atomic E-state index is 13.9. The molecule has 2 saturated carbocycles. The molecule has 1 nitrogen and oxygen atoms in total. The predicted molar refractivity (Wildman–Crippen MR) is 88.6 cm³/mol. The summed E-state index contributed by atoms with van der Waals surface area (Å²) < 4.78 is 33.3. The highest BCUT2D eigenvalue weighted by Gasteiger charge is 2.31. The first-order chi connectivity index (χ1) is 11.0. The minimum atomic E-state index is -0.839. The standard InChI is InChI=1S/C20H28F2O/c1-13-3-6-15(7-4-13)16-8-10-17(11-9-16)23-18-12-5-14(2)19(21)20(18)22/h5,12-13,15-17H,3-4,6-11H2,1-2H3. The quantitative estimate of drug-likeness (QED) is 0.659. The Labute approximate surface area is 138 Å². The summed E-state index contributed by atoms with van der Waals surface area (Å²) in [5.74, 6) is 1.02. The van der Waals surface area contributed by atoms with E-state index < -0.39 is 11.6 Å². The van der Waals surface area contributed by atoms with Gasteiger partial charge in [-0.25, -0.2) is 4.39 Å². The number of ether oxygens (including phenoxy) is 1. The average Bonchev–Trinajstić information content (AvgIpc) is 2.57. The predicted octanol–water partition coefficient (Wildman–Crippen LogP) is 6.04. The van der Waals surface area contributed by atoms with Crippen LogP contribution in [0.3, 0.4) is 0 Å². The fourth-order valence-corrected chi connectivity index (χ4v) is 4.33. The fourth-order valence-electron chi connectivity index (χ4n) is 4.33. The summed E-state index contributed by atoms with van der Waals surface area (Å²) in [6.07, 6.45) is 9.77. The third-order valence-corrected chi connectivity index (χ3v) is 5.98. The smallest absolute Gasteiger partial charge is 0.200 e. The Morgan fingerprint density at radius 2 is 1.39 bits per heavy atom. The number of rotatable bonds is 3. The lowest BCUT2D eigenvalue weighted by molar-refractivity contribution is 0.0902. The summed E-state index contributed by atoms with van der Waals surface area (Å²) >= 11 is 0. The number of hydrogen-bond acceptors (Lipinski definition) is 1. The normalized spacial score (nSPS) is 31.8. The topological polar surface area (TPSA) is 9.23 Å². The molecular weight excluding hydrogens is 294 g/mol. The lowest BCUT2D eigenvalue weighted by atomic mass is 9.71. The van der Waals surface area contributed by atoms with Crippen LogP contribution >= 0.6 is 0 Å². The van der Waals surface area contributed by atoms with E-state index in [0.717, 1.165) is 30.6 Å². The van der Waals surface area contributed by atoms with Gasteiger partial charge >= 0.3 is 0 Å². The van der Waals surface area contributed by atoms with E-state index in [1.807, 2.05) is 0 Å². The molecule has 23 heavy (non-hydrogen) atoms. The molecule has 0 bridgehead atoms. The van der Waals surface area contributed by atoms with E-state index >= 15 is 0 Å². The van der Waals surface area contributed by atoms with Gasteiger partial charge in [-0.15, -0.1) is 0 Å². The van der Waals surface area contributed by atoms with E-state index in [9.17, 15) is 8.78 Å². The molecule has 0 aromatic heterocycles. The summed E-state index contributed by atoms with van der Waals surface area (Å²) in [7, 11) is 0. The van der Waals surface area contributed by atoms with Crippen LogP contribution in [0.25, 0.3) is 0 Å². The first-order valence-corrected chi connectivity index (χ1v) is 9.16. The Kier molecular flexibility index (Phi) is 5.23. The molecule has 2 aliphatic rings. The molecule has 1 aromatic carbocycles. The zero-order valence-corrected chi connectivity index (χ0v) is 14.3. The summed E-state index contributed by atoms with van der Waals surface area (Å²) in [5.41, 5.74) is 0.324. The van der Waals surface area contributed by atoms with Gasteiger partial charge in [-0.2, -0.15) is 4.39 Å². The van der Waals surface area contributed by atoms with Crippen molar-refractivity contribution in [1.29, 1.82) is 0 Å². The maximum atomic E-state index is 13.9. The molecule has 0 radical (unpaired) electrons. The molecule has 3 heteroatoms. The van der Waals surface area contributed by atoms with E-state index in [1.54, 1.807) is 19.1 Å². The molecular formula is C20H28F2O. The Morgan fingerprint density at radius 1 is 0.826 bits per heavy atom. The van der Waals surface area contributed by atoms with Crippen molar-refractivity contribution < 1.29 is 13.5 Å². The minimum absolute atomic E-state index is 0.0328. The molecule has 3 rings (SSSR count). The van der Waals surface area contributed by atoms with Gasteiger partial charge in [0.25, 0.3) is 0 Å². The molecule has 0 saturated heterocycles. The van der Waals surface area contributed by atoms with Gasteiger partial charge in [0.2, 0.25) is 5.82 Å². The van der Waals surface area contributed by atoms with Crippen molar-refractivity contribution in [3.05, 3.63) is 29.3 Å². The SMILES string of the molecule is Cc1ccc(OC2CCC(C3CCC(C)CC3)CC2)c(F)c1F. The van der Waals surface area contributed by atoms with Crippen LogP contribution in [-0.4, -0.2) is 6.10 Å². The highest BCUT2D eigenvalue weighted by atomic mass is 19.2. The van der Waals surface area contributed by atoms with Gasteiger partial charge in [0.1, 0.15) is 0 Å². The molecule has 128 valence electrons. The van der Waals surface area contributed by atoms with E-state index in [0.29, 0.717) is 5.56 Å². The second-order valence-electron chi connectivity index (χ2n) is 7.68. The monoisotopic (exact) mass is 322 g/mol.